The van der Waals surface area contributed by atoms with Gasteiger partial charge in [-0.05, 0) is 0 Å². The van der Waals surface area contributed by atoms with E-state index in [1.807, 2.05) is 0 Å². The van der Waals surface area contributed by atoms with E-state index in [2.05, 4.69) is 0 Å². The molecule has 2 N–H and O–H groups in total. The van der Waals surface area contributed by atoms with E-state index in [1.54, 1.807) is 0 Å². The van der Waals surface area contributed by atoms with Gasteiger partial charge in [0.15, 0.2) is 0 Å². The quantitative estimate of drug-likeness (QED) is 0.462. The van der Waals surface area contributed by atoms with E-state index in [0.717, 1.165) is 0 Å². The normalized spacial score (nSPS) is 0. The molecule has 0 aliphatic heterocycles. The van der Waals surface area contributed by atoms with Gasteiger partial charge in [0, 0.05) is 52.7 Å². The van der Waals surface area contributed by atoms with E-state index < -0.39 is 0 Å². The van der Waals surface area contributed by atoms with Crippen molar-refractivity contribution in [1.29, 1.82) is 0 Å². The van der Waals surface area contributed by atoms with Crippen LogP contribution in [0.1, 0.15) is 0 Å². The van der Waals surface area contributed by atoms with Crippen LogP contribution in [0, 0.1) is 35.6 Å². The first-order valence-corrected chi connectivity index (χ1v) is 0. The van der Waals surface area contributed by atoms with Crippen LogP contribution in [0.2, 0.25) is 0 Å². The van der Waals surface area contributed by atoms with Gasteiger partial charge in [0.1, 0.15) is 0 Å². The van der Waals surface area contributed by atoms with Crippen molar-refractivity contribution < 1.29 is 58.1 Å². The summed E-state index contributed by atoms with van der Waals surface area (Å²) in [7, 11) is 0. The number of hydrogen-bond acceptors (Lipinski definition) is 0. The maximum Gasteiger partial charge on any atom is 0 e. The van der Waals surface area contributed by atoms with Crippen LogP contribution in [0.3, 0.4) is 0 Å². The third-order valence-corrected chi connectivity index (χ3v) is 0. The third kappa shape index (κ3) is 8.87. The largest absolute Gasteiger partial charge is 0 e. The molecule has 0 saturated heterocycles. The van der Waals surface area contributed by atoms with E-state index >= 15 is 0 Å². The molecule has 0 amide bonds. The number of hydrogen-bond donors (Lipinski definition) is 0. The Hall–Kier alpha value is 2.23. The van der Waals surface area contributed by atoms with Crippen molar-refractivity contribution in [3.05, 3.63) is 0 Å². The van der Waals surface area contributed by atoms with E-state index in [-0.39, 0.29) is 76.1 Å². The molecule has 4 heavy (non-hydrogen) atoms. The van der Waals surface area contributed by atoms with Crippen molar-refractivity contribution in [2.75, 3.05) is 0 Å². The maximum absolute atomic E-state index is 0. The molecule has 0 aliphatic carbocycles. The summed E-state index contributed by atoms with van der Waals surface area (Å²) in [6.45, 7) is 0. The maximum atomic E-state index is 0. The molecule has 0 bridgehead atoms. The van der Waals surface area contributed by atoms with Gasteiger partial charge in [-0.25, -0.2) is 0 Å². The SMILES string of the molecule is O.[AsH3].[Fe].[La]. The molecule has 0 rings (SSSR count). The second-order valence-electron chi connectivity index (χ2n) is 0. The van der Waals surface area contributed by atoms with Gasteiger partial charge >= 0.3 is 18.0 Å². The molecule has 0 heterocycles. The zero-order valence-electron chi connectivity index (χ0n) is 2.14. The summed E-state index contributed by atoms with van der Waals surface area (Å²) in [5, 5.41) is 0. The summed E-state index contributed by atoms with van der Waals surface area (Å²) >= 11 is 0. The monoisotopic (exact) mass is 291 g/mol. The van der Waals surface area contributed by atoms with Crippen LogP contribution in [-0.2, 0) is 17.1 Å². The molecule has 0 spiro atoms. The van der Waals surface area contributed by atoms with E-state index in [1.165, 1.54) is 0 Å². The summed E-state index contributed by atoms with van der Waals surface area (Å²) in [5.41, 5.74) is 0. The predicted octanol–water partition coefficient (Wildman–Crippen LogP) is -2.01. The molecule has 4 heteroatoms. The van der Waals surface area contributed by atoms with Crippen molar-refractivity contribution in [3.63, 3.8) is 0 Å². The van der Waals surface area contributed by atoms with Gasteiger partial charge in [0.25, 0.3) is 0 Å². The van der Waals surface area contributed by atoms with Crippen molar-refractivity contribution >= 4 is 18.0 Å². The first kappa shape index (κ1) is 34.2. The van der Waals surface area contributed by atoms with Crippen molar-refractivity contribution in [3.8, 4) is 0 Å². The Balaban J connectivity index is 0. The molecular formula is H5AsFeLaO. The zero-order valence-corrected chi connectivity index (χ0v) is 9.84. The average molecular weight is 291 g/mol. The Kier molecular flexibility index (Phi) is 161. The Bertz CT molecular complexity index is 8.00. The van der Waals surface area contributed by atoms with Crippen LogP contribution in [0.15, 0.2) is 0 Å². The van der Waals surface area contributed by atoms with Gasteiger partial charge < -0.3 is 5.48 Å². The molecule has 0 aliphatic rings. The van der Waals surface area contributed by atoms with E-state index in [0.29, 0.717) is 0 Å². The Morgan fingerprint density at radius 2 is 1.00 bits per heavy atom. The summed E-state index contributed by atoms with van der Waals surface area (Å²) in [6, 6.07) is 0. The molecular weight excluding hydrogens is 286 g/mol. The Morgan fingerprint density at radius 3 is 1.00 bits per heavy atom. The topological polar surface area (TPSA) is 31.5 Å². The number of rotatable bonds is 0. The summed E-state index contributed by atoms with van der Waals surface area (Å²) < 4.78 is 0. The van der Waals surface area contributed by atoms with Gasteiger partial charge in [-0.15, -0.1) is 0 Å². The minimum Gasteiger partial charge on any atom is 0 e. The fraction of sp³-hybridized carbons (Fsp3) is 0. The third-order valence-electron chi connectivity index (χ3n) is 0. The van der Waals surface area contributed by atoms with Gasteiger partial charge in [0.2, 0.25) is 0 Å². The average Bonchev–Trinajstić information content (AvgIpc) is 0. The summed E-state index contributed by atoms with van der Waals surface area (Å²) in [4.78, 5) is 0. The molecule has 0 aromatic rings. The smallest absolute Gasteiger partial charge is 0 e. The van der Waals surface area contributed by atoms with E-state index in [4.69, 9.17) is 0 Å². The van der Waals surface area contributed by atoms with Crippen molar-refractivity contribution in [2.24, 2.45) is 0 Å². The van der Waals surface area contributed by atoms with Crippen LogP contribution in [0.4, 0.5) is 0 Å². The van der Waals surface area contributed by atoms with Crippen LogP contribution in [0.25, 0.3) is 0 Å². The minimum atomic E-state index is 0. The molecule has 1 nitrogen and oxygen atoms in total. The molecule has 1 unspecified atom stereocenters. The predicted molar refractivity (Wildman–Crippen MR) is 13.6 cm³/mol. The first-order chi connectivity index (χ1) is 0. The van der Waals surface area contributed by atoms with E-state index in [9.17, 15) is 0 Å². The summed E-state index contributed by atoms with van der Waals surface area (Å²) in [6.07, 6.45) is 0. The Morgan fingerprint density at radius 1 is 1.00 bits per heavy atom. The Labute approximate surface area is 75.0 Å². The first-order valence-electron chi connectivity index (χ1n) is 0. The van der Waals surface area contributed by atoms with Gasteiger partial charge in [-0.3, -0.25) is 0 Å². The molecule has 1 atom stereocenters. The minimum absolute atomic E-state index is 0. The summed E-state index contributed by atoms with van der Waals surface area (Å²) in [5.74, 6) is 0. The van der Waals surface area contributed by atoms with Gasteiger partial charge in [0.05, 0.1) is 0 Å². The molecule has 0 aromatic heterocycles. The molecule has 27 valence electrons. The van der Waals surface area contributed by atoms with Crippen molar-refractivity contribution in [1.82, 2.24) is 0 Å². The van der Waals surface area contributed by atoms with Crippen LogP contribution < -0.4 is 0 Å². The molecule has 0 aromatic carbocycles. The fourth-order valence-electron chi connectivity index (χ4n) is 0. The van der Waals surface area contributed by atoms with Crippen LogP contribution in [0.5, 0.6) is 0 Å². The van der Waals surface area contributed by atoms with Crippen LogP contribution in [-0.4, -0.2) is 23.4 Å². The standard InChI is InChI=1S/AsH3.Fe.La.H2O/h1H3;;;1H2. The zero-order chi connectivity index (χ0) is 0. The van der Waals surface area contributed by atoms with Crippen molar-refractivity contribution in [2.45, 2.75) is 0 Å². The second kappa shape index (κ2) is 18.8. The molecule has 0 fully saturated rings. The van der Waals surface area contributed by atoms with Gasteiger partial charge in [-0.1, -0.05) is 0 Å². The molecule has 1 radical (unpaired) electrons. The molecule has 0 saturated carbocycles. The van der Waals surface area contributed by atoms with Crippen LogP contribution >= 0.6 is 0 Å². The second-order valence-corrected chi connectivity index (χ2v) is 0. The van der Waals surface area contributed by atoms with Gasteiger partial charge in [-0.2, -0.15) is 0 Å². The fourth-order valence-corrected chi connectivity index (χ4v) is 0.